The first-order chi connectivity index (χ1) is 13.6. The van der Waals surface area contributed by atoms with Crippen molar-refractivity contribution in [3.8, 4) is 0 Å². The molecule has 0 radical (unpaired) electrons. The Morgan fingerprint density at radius 3 is 1.55 bits per heavy atom. The molecule has 0 amide bonds. The van der Waals surface area contributed by atoms with E-state index >= 15 is 0 Å². The zero-order valence-corrected chi connectivity index (χ0v) is 17.2. The van der Waals surface area contributed by atoms with E-state index in [1.807, 2.05) is 0 Å². The van der Waals surface area contributed by atoms with Gasteiger partial charge in [0.1, 0.15) is 6.04 Å². The number of hydrogen-bond acceptors (Lipinski definition) is 11. The fraction of sp³-hybridized carbons (Fsp3) is 0.722. The Hall–Kier alpha value is -2.69. The molecule has 0 saturated carbocycles. The Morgan fingerprint density at radius 2 is 1.14 bits per heavy atom. The molecule has 0 aliphatic rings. The lowest BCUT2D eigenvalue weighted by atomic mass is 9.94. The van der Waals surface area contributed by atoms with Gasteiger partial charge in [-0.05, 0) is 27.7 Å². The van der Waals surface area contributed by atoms with Gasteiger partial charge in [0.05, 0.1) is 45.7 Å². The predicted octanol–water partition coefficient (Wildman–Crippen LogP) is 0.0184. The monoisotopic (exact) mass is 419 g/mol. The highest BCUT2D eigenvalue weighted by atomic mass is 16.6. The van der Waals surface area contributed by atoms with Crippen molar-refractivity contribution in [2.75, 3.05) is 26.4 Å². The van der Waals surface area contributed by atoms with Gasteiger partial charge >= 0.3 is 29.8 Å². The molecule has 0 aliphatic carbocycles. The average molecular weight is 419 g/mol. The van der Waals surface area contributed by atoms with Crippen LogP contribution in [-0.2, 0) is 47.7 Å². The summed E-state index contributed by atoms with van der Waals surface area (Å²) in [7, 11) is 0. The minimum atomic E-state index is -2.35. The molecule has 0 spiro atoms. The van der Waals surface area contributed by atoms with Crippen LogP contribution in [-0.4, -0.2) is 67.9 Å². The number of ether oxygens (including phenoxy) is 5. The van der Waals surface area contributed by atoms with Gasteiger partial charge in [-0.3, -0.25) is 19.2 Å². The van der Waals surface area contributed by atoms with Crippen molar-refractivity contribution in [1.29, 1.82) is 0 Å². The molecule has 0 bridgehead atoms. The summed E-state index contributed by atoms with van der Waals surface area (Å²) in [5, 5.41) is 0. The van der Waals surface area contributed by atoms with E-state index in [-0.39, 0.29) is 26.4 Å². The quantitative estimate of drug-likeness (QED) is 0.317. The van der Waals surface area contributed by atoms with Gasteiger partial charge in [-0.15, -0.1) is 0 Å². The first kappa shape index (κ1) is 26.3. The normalized spacial score (nSPS) is 11.8. The van der Waals surface area contributed by atoms with Gasteiger partial charge in [-0.25, -0.2) is 4.79 Å². The molecule has 0 fully saturated rings. The lowest BCUT2D eigenvalue weighted by Crippen LogP contribution is -2.51. The topological polar surface area (TPSA) is 158 Å². The van der Waals surface area contributed by atoms with Crippen LogP contribution in [0.3, 0.4) is 0 Å². The van der Waals surface area contributed by atoms with Gasteiger partial charge in [0, 0.05) is 0 Å². The van der Waals surface area contributed by atoms with E-state index in [0.717, 1.165) is 0 Å². The summed E-state index contributed by atoms with van der Waals surface area (Å²) in [4.78, 5) is 60.6. The number of carbonyl (C=O) groups is 5. The Kier molecular flexibility index (Phi) is 12.2. The van der Waals surface area contributed by atoms with Crippen LogP contribution >= 0.6 is 0 Å². The van der Waals surface area contributed by atoms with E-state index in [0.29, 0.717) is 0 Å². The van der Waals surface area contributed by atoms with Crippen LogP contribution < -0.4 is 5.73 Å². The molecule has 0 aromatic heterocycles. The van der Waals surface area contributed by atoms with Crippen LogP contribution in [0.4, 0.5) is 0 Å². The zero-order chi connectivity index (χ0) is 22.4. The number of rotatable bonds is 13. The molecular weight excluding hydrogens is 390 g/mol. The number of carbonyl (C=O) groups excluding carboxylic acids is 5. The van der Waals surface area contributed by atoms with E-state index in [2.05, 4.69) is 0 Å². The third-order valence-electron chi connectivity index (χ3n) is 3.41. The van der Waals surface area contributed by atoms with Crippen molar-refractivity contribution in [3.63, 3.8) is 0 Å². The van der Waals surface area contributed by atoms with Gasteiger partial charge in [0.25, 0.3) is 0 Å². The Bertz CT molecular complexity index is 569. The second kappa shape index (κ2) is 13.5. The minimum absolute atomic E-state index is 0.00648. The molecule has 11 heteroatoms. The van der Waals surface area contributed by atoms with Crippen molar-refractivity contribution in [2.45, 2.75) is 58.6 Å². The van der Waals surface area contributed by atoms with Gasteiger partial charge < -0.3 is 29.4 Å². The van der Waals surface area contributed by atoms with Gasteiger partial charge in [-0.1, -0.05) is 0 Å². The van der Waals surface area contributed by atoms with Crippen molar-refractivity contribution in [2.24, 2.45) is 5.73 Å². The Labute approximate surface area is 169 Å². The molecular formula is C18H29NO10. The van der Waals surface area contributed by atoms with E-state index in [1.165, 1.54) is 20.8 Å². The van der Waals surface area contributed by atoms with Crippen molar-refractivity contribution in [1.82, 2.24) is 0 Å². The van der Waals surface area contributed by atoms with Crippen LogP contribution in [0.15, 0.2) is 0 Å². The molecule has 29 heavy (non-hydrogen) atoms. The first-order valence-corrected chi connectivity index (χ1v) is 9.28. The van der Waals surface area contributed by atoms with Crippen molar-refractivity contribution < 1.29 is 47.7 Å². The second-order valence-corrected chi connectivity index (χ2v) is 5.72. The Balaban J connectivity index is 5.76. The molecule has 166 valence electrons. The van der Waals surface area contributed by atoms with Crippen LogP contribution in [0.1, 0.15) is 47.0 Å². The Morgan fingerprint density at radius 1 is 0.724 bits per heavy atom. The molecule has 2 N–H and O–H groups in total. The maximum absolute atomic E-state index is 12.6. The summed E-state index contributed by atoms with van der Waals surface area (Å²) in [6.07, 6.45) is -2.11. The molecule has 0 rings (SSSR count). The highest BCUT2D eigenvalue weighted by molar-refractivity contribution is 5.93. The molecule has 0 unspecified atom stereocenters. The maximum atomic E-state index is 12.6. The number of esters is 5. The van der Waals surface area contributed by atoms with Crippen molar-refractivity contribution >= 4 is 29.8 Å². The molecule has 0 aromatic rings. The van der Waals surface area contributed by atoms with Crippen LogP contribution in [0.2, 0.25) is 0 Å². The molecule has 0 aliphatic heterocycles. The second-order valence-electron chi connectivity index (χ2n) is 5.72. The molecule has 11 nitrogen and oxygen atoms in total. The SMILES string of the molecule is CCOC(=O)C[C@H](N)C(=O)OC(CC(=O)OCC)(CC(=O)OCC)C(=O)OCC. The first-order valence-electron chi connectivity index (χ1n) is 9.28. The lowest BCUT2D eigenvalue weighted by molar-refractivity contribution is -0.192. The fourth-order valence-corrected chi connectivity index (χ4v) is 2.22. The standard InChI is InChI=1S/C18H29NO10/c1-5-25-13(20)9-12(19)16(23)29-18(17(24)28-8-4,10-14(21)26-6-2)11-15(22)27-7-3/h12H,5-11,19H2,1-4H3/t12-/m0/s1. The smallest absolute Gasteiger partial charge is 0.351 e. The fourth-order valence-electron chi connectivity index (χ4n) is 2.22. The maximum Gasteiger partial charge on any atom is 0.351 e. The largest absolute Gasteiger partial charge is 0.466 e. The van der Waals surface area contributed by atoms with E-state index in [4.69, 9.17) is 29.4 Å². The third kappa shape index (κ3) is 9.37. The predicted molar refractivity (Wildman–Crippen MR) is 97.2 cm³/mol. The number of nitrogens with two attached hydrogens (primary N) is 1. The van der Waals surface area contributed by atoms with Crippen LogP contribution in [0.5, 0.6) is 0 Å². The minimum Gasteiger partial charge on any atom is -0.466 e. The highest BCUT2D eigenvalue weighted by Crippen LogP contribution is 2.26. The van der Waals surface area contributed by atoms with Gasteiger partial charge in [0.15, 0.2) is 0 Å². The van der Waals surface area contributed by atoms with E-state index in [9.17, 15) is 24.0 Å². The number of hydrogen-bond donors (Lipinski definition) is 1. The van der Waals surface area contributed by atoms with E-state index in [1.54, 1.807) is 6.92 Å². The van der Waals surface area contributed by atoms with E-state index < -0.39 is 60.8 Å². The summed E-state index contributed by atoms with van der Waals surface area (Å²) in [6, 6.07) is -1.49. The summed E-state index contributed by atoms with van der Waals surface area (Å²) >= 11 is 0. The van der Waals surface area contributed by atoms with Crippen LogP contribution in [0, 0.1) is 0 Å². The third-order valence-corrected chi connectivity index (χ3v) is 3.41. The summed E-state index contributed by atoms with van der Waals surface area (Å²) in [5.41, 5.74) is 3.30. The molecule has 0 heterocycles. The molecule has 0 saturated heterocycles. The zero-order valence-electron chi connectivity index (χ0n) is 17.2. The van der Waals surface area contributed by atoms with Crippen molar-refractivity contribution in [3.05, 3.63) is 0 Å². The van der Waals surface area contributed by atoms with Crippen LogP contribution in [0.25, 0.3) is 0 Å². The highest BCUT2D eigenvalue weighted by Gasteiger charge is 2.49. The molecule has 0 aromatic carbocycles. The summed E-state index contributed by atoms with van der Waals surface area (Å²) < 4.78 is 24.4. The average Bonchev–Trinajstić information content (AvgIpc) is 2.62. The van der Waals surface area contributed by atoms with Gasteiger partial charge in [0.2, 0.25) is 5.60 Å². The lowest BCUT2D eigenvalue weighted by Gasteiger charge is -2.30. The van der Waals surface area contributed by atoms with Gasteiger partial charge in [-0.2, -0.15) is 0 Å². The summed E-state index contributed by atoms with van der Waals surface area (Å²) in [6.45, 7) is 6.10. The summed E-state index contributed by atoms with van der Waals surface area (Å²) in [5.74, 6) is -4.90. The molecule has 1 atom stereocenters.